The van der Waals surface area contributed by atoms with Gasteiger partial charge in [-0.3, -0.25) is 14.3 Å². The predicted octanol–water partition coefficient (Wildman–Crippen LogP) is 5.59. The number of H-pyrrole nitrogens is 1. The van der Waals surface area contributed by atoms with Crippen LogP contribution in [0, 0.1) is 13.8 Å². The minimum atomic E-state index is -5.05. The molecule has 11 heteroatoms. The third kappa shape index (κ3) is 5.52. The molecule has 0 saturated heterocycles. The molecule has 0 bridgehead atoms. The molecule has 0 radical (unpaired) electrons. The first-order chi connectivity index (χ1) is 15.7. The van der Waals surface area contributed by atoms with E-state index in [0.29, 0.717) is 22.4 Å². The summed E-state index contributed by atoms with van der Waals surface area (Å²) in [6.45, 7) is 4.45. The maximum absolute atomic E-state index is 13.1. The Morgan fingerprint density at radius 2 is 1.38 bits per heavy atom. The summed E-state index contributed by atoms with van der Waals surface area (Å²) in [6.07, 6.45) is -10.0. The maximum atomic E-state index is 13.1. The highest BCUT2D eigenvalue weighted by Gasteiger charge is 2.37. The standard InChI is InChI=1S/C23H20F6N2O3/c1-4-18-19(34-17-6-12(2)5-13(3)7-17)30-21(33)31(20(18)32)11-14-8-15(22(24,25)26)10-16(9-14)23(27,28)29/h5-10H,4,11H2,1-3H3,(H,30,33). The zero-order chi connectivity index (χ0) is 25.4. The van der Waals surface area contributed by atoms with Crippen LogP contribution >= 0.6 is 0 Å². The van der Waals surface area contributed by atoms with Crippen molar-refractivity contribution in [1.29, 1.82) is 0 Å². The molecule has 0 amide bonds. The fourth-order valence-corrected chi connectivity index (χ4v) is 3.54. The van der Waals surface area contributed by atoms with Gasteiger partial charge in [-0.05, 0) is 67.3 Å². The minimum absolute atomic E-state index is 0.0155. The van der Waals surface area contributed by atoms with Gasteiger partial charge in [0.1, 0.15) is 5.75 Å². The molecule has 1 N–H and O–H groups in total. The van der Waals surface area contributed by atoms with Crippen molar-refractivity contribution in [3.05, 3.63) is 90.6 Å². The summed E-state index contributed by atoms with van der Waals surface area (Å²) in [7, 11) is 0. The van der Waals surface area contributed by atoms with Crippen LogP contribution in [0.25, 0.3) is 0 Å². The Hall–Kier alpha value is -3.50. The van der Waals surface area contributed by atoms with E-state index in [9.17, 15) is 35.9 Å². The van der Waals surface area contributed by atoms with Crippen molar-refractivity contribution in [3.63, 3.8) is 0 Å². The van der Waals surface area contributed by atoms with Crippen LogP contribution in [0.1, 0.15) is 40.3 Å². The Labute approximate surface area is 189 Å². The van der Waals surface area contributed by atoms with Crippen molar-refractivity contribution in [2.45, 2.75) is 46.1 Å². The number of nitrogens with zero attached hydrogens (tertiary/aromatic N) is 1. The summed E-state index contributed by atoms with van der Waals surface area (Å²) in [5.41, 5.74) is -3.73. The smallest absolute Gasteiger partial charge is 0.416 e. The van der Waals surface area contributed by atoms with Crippen molar-refractivity contribution in [2.75, 3.05) is 0 Å². The zero-order valence-electron chi connectivity index (χ0n) is 18.3. The van der Waals surface area contributed by atoms with Crippen LogP contribution in [0.4, 0.5) is 26.3 Å². The molecule has 0 unspecified atom stereocenters. The molecule has 3 aromatic rings. The number of aromatic amines is 1. The Morgan fingerprint density at radius 1 is 0.853 bits per heavy atom. The van der Waals surface area contributed by atoms with Gasteiger partial charge in [-0.15, -0.1) is 0 Å². The van der Waals surface area contributed by atoms with E-state index in [2.05, 4.69) is 4.98 Å². The average molecular weight is 486 g/mol. The molecule has 0 aliphatic rings. The lowest BCUT2D eigenvalue weighted by Gasteiger charge is -2.16. The second-order valence-corrected chi connectivity index (χ2v) is 7.82. The lowest BCUT2D eigenvalue weighted by molar-refractivity contribution is -0.143. The van der Waals surface area contributed by atoms with Crippen LogP contribution in [0.2, 0.25) is 0 Å². The van der Waals surface area contributed by atoms with E-state index in [4.69, 9.17) is 4.74 Å². The van der Waals surface area contributed by atoms with Gasteiger partial charge < -0.3 is 4.74 Å². The highest BCUT2D eigenvalue weighted by atomic mass is 19.4. The molecule has 0 aliphatic heterocycles. The van der Waals surface area contributed by atoms with Gasteiger partial charge in [-0.25, -0.2) is 4.79 Å². The van der Waals surface area contributed by atoms with Crippen LogP contribution in [-0.2, 0) is 25.3 Å². The number of benzene rings is 2. The number of aromatic nitrogens is 2. The lowest BCUT2D eigenvalue weighted by atomic mass is 10.0. The van der Waals surface area contributed by atoms with E-state index in [0.717, 1.165) is 11.1 Å². The Kier molecular flexibility index (Phi) is 6.68. The summed E-state index contributed by atoms with van der Waals surface area (Å²) in [5, 5.41) is 0. The van der Waals surface area contributed by atoms with E-state index < -0.39 is 46.8 Å². The van der Waals surface area contributed by atoms with Crippen molar-refractivity contribution in [1.82, 2.24) is 9.55 Å². The van der Waals surface area contributed by atoms with Gasteiger partial charge in [0.2, 0.25) is 5.88 Å². The van der Waals surface area contributed by atoms with Gasteiger partial charge in [-0.2, -0.15) is 26.3 Å². The van der Waals surface area contributed by atoms with Crippen LogP contribution in [0.3, 0.4) is 0 Å². The van der Waals surface area contributed by atoms with Gasteiger partial charge in [-0.1, -0.05) is 13.0 Å². The monoisotopic (exact) mass is 486 g/mol. The largest absolute Gasteiger partial charge is 0.440 e. The fraction of sp³-hybridized carbons (Fsp3) is 0.304. The average Bonchev–Trinajstić information content (AvgIpc) is 2.69. The molecular formula is C23H20F6N2O3. The normalized spacial score (nSPS) is 12.1. The first-order valence-corrected chi connectivity index (χ1v) is 10.1. The van der Waals surface area contributed by atoms with Crippen molar-refractivity contribution in [3.8, 4) is 11.6 Å². The number of nitrogens with one attached hydrogen (secondary N) is 1. The zero-order valence-corrected chi connectivity index (χ0v) is 18.3. The van der Waals surface area contributed by atoms with Gasteiger partial charge in [0.05, 0.1) is 23.2 Å². The molecule has 0 aliphatic carbocycles. The highest BCUT2D eigenvalue weighted by Crippen LogP contribution is 2.36. The van der Waals surface area contributed by atoms with Crippen molar-refractivity contribution >= 4 is 0 Å². The Morgan fingerprint density at radius 3 is 1.85 bits per heavy atom. The van der Waals surface area contributed by atoms with Crippen LogP contribution in [-0.4, -0.2) is 9.55 Å². The summed E-state index contributed by atoms with van der Waals surface area (Å²) in [4.78, 5) is 27.9. The van der Waals surface area contributed by atoms with E-state index >= 15 is 0 Å². The van der Waals surface area contributed by atoms with E-state index in [1.165, 1.54) is 0 Å². The highest BCUT2D eigenvalue weighted by molar-refractivity contribution is 5.37. The molecule has 34 heavy (non-hydrogen) atoms. The quantitative estimate of drug-likeness (QED) is 0.478. The predicted molar refractivity (Wildman–Crippen MR) is 112 cm³/mol. The maximum Gasteiger partial charge on any atom is 0.416 e. The Balaban J connectivity index is 2.08. The first kappa shape index (κ1) is 25.1. The number of hydrogen-bond acceptors (Lipinski definition) is 3. The third-order valence-corrected chi connectivity index (χ3v) is 5.00. The number of alkyl halides is 6. The van der Waals surface area contributed by atoms with Crippen molar-refractivity contribution < 1.29 is 31.1 Å². The van der Waals surface area contributed by atoms with E-state index in [-0.39, 0.29) is 23.9 Å². The minimum Gasteiger partial charge on any atom is -0.440 e. The van der Waals surface area contributed by atoms with Crippen LogP contribution in [0.5, 0.6) is 11.6 Å². The molecule has 2 aromatic carbocycles. The second-order valence-electron chi connectivity index (χ2n) is 7.82. The number of hydrogen-bond donors (Lipinski definition) is 1. The number of rotatable bonds is 5. The molecule has 5 nitrogen and oxygen atoms in total. The van der Waals surface area contributed by atoms with Gasteiger partial charge in [0.15, 0.2) is 0 Å². The molecular weight excluding hydrogens is 466 g/mol. The molecule has 1 aromatic heterocycles. The molecule has 1 heterocycles. The third-order valence-electron chi connectivity index (χ3n) is 5.00. The molecule has 0 fully saturated rings. The van der Waals surface area contributed by atoms with Crippen LogP contribution in [0.15, 0.2) is 46.0 Å². The number of ether oxygens (including phenoxy) is 1. The molecule has 0 saturated carbocycles. The summed E-state index contributed by atoms with van der Waals surface area (Å²) < 4.78 is 85.1. The number of halogens is 6. The molecule has 182 valence electrons. The van der Waals surface area contributed by atoms with Gasteiger partial charge in [0, 0.05) is 0 Å². The summed E-state index contributed by atoms with van der Waals surface area (Å²) >= 11 is 0. The molecule has 3 rings (SSSR count). The van der Waals surface area contributed by atoms with Crippen molar-refractivity contribution in [2.24, 2.45) is 0 Å². The topological polar surface area (TPSA) is 64.1 Å². The van der Waals surface area contributed by atoms with Gasteiger partial charge >= 0.3 is 18.0 Å². The first-order valence-electron chi connectivity index (χ1n) is 10.1. The molecule has 0 atom stereocenters. The second kappa shape index (κ2) is 9.03. The van der Waals surface area contributed by atoms with Gasteiger partial charge in [0.25, 0.3) is 5.56 Å². The Bertz CT molecular complexity index is 1280. The fourth-order valence-electron chi connectivity index (χ4n) is 3.54. The summed E-state index contributed by atoms with van der Waals surface area (Å²) in [5.74, 6) is 0.214. The van der Waals surface area contributed by atoms with E-state index in [1.807, 2.05) is 19.9 Å². The molecule has 0 spiro atoms. The lowest BCUT2D eigenvalue weighted by Crippen LogP contribution is -2.37. The summed E-state index contributed by atoms with van der Waals surface area (Å²) in [6, 6.07) is 6.18. The van der Waals surface area contributed by atoms with E-state index in [1.54, 1.807) is 19.1 Å². The SMILES string of the molecule is CCc1c(Oc2cc(C)cc(C)c2)[nH]c(=O)n(Cc2cc(C(F)(F)F)cc(C(F)(F)F)c2)c1=O. The number of aryl methyl sites for hydroxylation is 2. The van der Waals surface area contributed by atoms with Crippen LogP contribution < -0.4 is 16.0 Å².